The van der Waals surface area contributed by atoms with Crippen molar-refractivity contribution in [1.82, 2.24) is 10.6 Å². The molecule has 0 radical (unpaired) electrons. The molecule has 1 aliphatic heterocycles. The van der Waals surface area contributed by atoms with Gasteiger partial charge in [-0.3, -0.25) is 14.9 Å². The first-order valence-electron chi connectivity index (χ1n) is 11.0. The number of thiocarbonyl (C=S) groups is 1. The monoisotopic (exact) mass is 571 g/mol. The van der Waals surface area contributed by atoms with Crippen molar-refractivity contribution in [2.24, 2.45) is 0 Å². The van der Waals surface area contributed by atoms with Gasteiger partial charge in [0.1, 0.15) is 0 Å². The Kier molecular flexibility index (Phi) is 8.51. The molecule has 0 bridgehead atoms. The first kappa shape index (κ1) is 25.3. The average Bonchev–Trinajstić information content (AvgIpc) is 3.32. The van der Waals surface area contributed by atoms with E-state index in [1.54, 1.807) is 42.5 Å². The molecule has 180 valence electrons. The maximum Gasteiger partial charge on any atom is 0.257 e. The maximum atomic E-state index is 13.0. The fourth-order valence-corrected chi connectivity index (χ4v) is 4.61. The van der Waals surface area contributed by atoms with E-state index < -0.39 is 0 Å². The molecule has 3 N–H and O–H groups in total. The van der Waals surface area contributed by atoms with Crippen LogP contribution in [-0.2, 0) is 4.74 Å². The number of halogens is 2. The van der Waals surface area contributed by atoms with Crippen LogP contribution in [0.4, 0.5) is 5.69 Å². The second-order valence-electron chi connectivity index (χ2n) is 8.05. The molecule has 4 rings (SSSR count). The molecule has 9 heteroatoms. The van der Waals surface area contributed by atoms with Crippen LogP contribution in [0.15, 0.2) is 77.3 Å². The highest BCUT2D eigenvalue weighted by atomic mass is 79.9. The van der Waals surface area contributed by atoms with Crippen molar-refractivity contribution in [3.8, 4) is 0 Å². The van der Waals surface area contributed by atoms with Crippen LogP contribution in [0.25, 0.3) is 0 Å². The van der Waals surface area contributed by atoms with E-state index in [4.69, 9.17) is 28.6 Å². The molecule has 6 nitrogen and oxygen atoms in total. The van der Waals surface area contributed by atoms with Crippen LogP contribution in [0, 0.1) is 0 Å². The molecule has 3 aromatic rings. The van der Waals surface area contributed by atoms with Gasteiger partial charge in [-0.15, -0.1) is 0 Å². The van der Waals surface area contributed by atoms with Crippen molar-refractivity contribution < 1.29 is 14.3 Å². The van der Waals surface area contributed by atoms with E-state index in [0.29, 0.717) is 28.4 Å². The lowest BCUT2D eigenvalue weighted by molar-refractivity contribution is 0.0436. The molecule has 2 unspecified atom stereocenters. The number of amides is 2. The van der Waals surface area contributed by atoms with Crippen LogP contribution >= 0.6 is 39.7 Å². The Morgan fingerprint density at radius 2 is 1.80 bits per heavy atom. The van der Waals surface area contributed by atoms with Gasteiger partial charge < -0.3 is 15.4 Å². The van der Waals surface area contributed by atoms with E-state index in [1.807, 2.05) is 30.3 Å². The van der Waals surface area contributed by atoms with E-state index in [2.05, 4.69) is 31.9 Å². The van der Waals surface area contributed by atoms with Crippen molar-refractivity contribution >= 4 is 62.4 Å². The van der Waals surface area contributed by atoms with Crippen LogP contribution in [0.5, 0.6) is 0 Å². The first-order valence-corrected chi connectivity index (χ1v) is 12.6. The van der Waals surface area contributed by atoms with Crippen LogP contribution in [-0.4, -0.2) is 29.6 Å². The summed E-state index contributed by atoms with van der Waals surface area (Å²) in [5.41, 5.74) is 2.39. The molecule has 1 fully saturated rings. The Balaban J connectivity index is 1.35. The normalized spacial score (nSPS) is 17.0. The summed E-state index contributed by atoms with van der Waals surface area (Å²) in [4.78, 5) is 25.4. The van der Waals surface area contributed by atoms with Gasteiger partial charge in [0, 0.05) is 21.6 Å². The minimum Gasteiger partial charge on any atom is -0.368 e. The Hall–Kier alpha value is -2.78. The SMILES string of the molecule is O=C(NC(=S)Nc1cc(Br)ccc1C(=O)NCC1CCC(c2cccc(Cl)c2)O1)c1ccccc1. The third-order valence-electron chi connectivity index (χ3n) is 5.56. The standard InChI is InChI=1S/C26H23BrClN3O3S/c27-18-9-11-21(22(14-18)30-26(35)31-24(32)16-5-2-1-3-6-16)25(33)29-15-20-10-12-23(34-20)17-7-4-8-19(28)13-17/h1-9,11,13-14,20,23H,10,12,15H2,(H,29,33)(H2,30,31,32,35). The van der Waals surface area contributed by atoms with Crippen molar-refractivity contribution in [3.63, 3.8) is 0 Å². The van der Waals surface area contributed by atoms with Crippen LogP contribution in [0.3, 0.4) is 0 Å². The minimum absolute atomic E-state index is 0.0360. The van der Waals surface area contributed by atoms with E-state index in [-0.39, 0.29) is 29.1 Å². The molecular formula is C26H23BrClN3O3S. The lowest BCUT2D eigenvalue weighted by Gasteiger charge is -2.17. The number of nitrogens with one attached hydrogen (secondary N) is 3. The van der Waals surface area contributed by atoms with Gasteiger partial charge in [-0.2, -0.15) is 0 Å². The molecule has 3 aromatic carbocycles. The predicted octanol–water partition coefficient (Wildman–Crippen LogP) is 5.88. The largest absolute Gasteiger partial charge is 0.368 e. The van der Waals surface area contributed by atoms with Crippen LogP contribution < -0.4 is 16.0 Å². The van der Waals surface area contributed by atoms with E-state index in [1.165, 1.54) is 0 Å². The zero-order valence-corrected chi connectivity index (χ0v) is 21.8. The number of carbonyl (C=O) groups is 2. The molecule has 1 aliphatic rings. The molecule has 0 aliphatic carbocycles. The molecule has 1 heterocycles. The van der Waals surface area contributed by atoms with Gasteiger partial charge in [-0.1, -0.05) is 57.9 Å². The molecule has 0 spiro atoms. The molecule has 2 amide bonds. The van der Waals surface area contributed by atoms with Gasteiger partial charge in [0.25, 0.3) is 11.8 Å². The summed E-state index contributed by atoms with van der Waals surface area (Å²) < 4.78 is 6.89. The Morgan fingerprint density at radius 1 is 1.00 bits per heavy atom. The molecule has 2 atom stereocenters. The van der Waals surface area contributed by atoms with E-state index in [9.17, 15) is 9.59 Å². The lowest BCUT2D eigenvalue weighted by Crippen LogP contribution is -2.36. The van der Waals surface area contributed by atoms with E-state index in [0.717, 1.165) is 22.9 Å². The molecule has 35 heavy (non-hydrogen) atoms. The van der Waals surface area contributed by atoms with Gasteiger partial charge >= 0.3 is 0 Å². The predicted molar refractivity (Wildman–Crippen MR) is 145 cm³/mol. The zero-order valence-electron chi connectivity index (χ0n) is 18.6. The Morgan fingerprint density at radius 3 is 2.57 bits per heavy atom. The van der Waals surface area contributed by atoms with E-state index >= 15 is 0 Å². The minimum atomic E-state index is -0.336. The number of hydrogen-bond donors (Lipinski definition) is 3. The molecule has 1 saturated heterocycles. The number of anilines is 1. The van der Waals surface area contributed by atoms with Gasteiger partial charge in [0.05, 0.1) is 23.5 Å². The maximum absolute atomic E-state index is 13.0. The van der Waals surface area contributed by atoms with Crippen LogP contribution in [0.1, 0.15) is 45.2 Å². The third kappa shape index (κ3) is 6.89. The molecular weight excluding hydrogens is 550 g/mol. The highest BCUT2D eigenvalue weighted by Gasteiger charge is 2.27. The highest BCUT2D eigenvalue weighted by Crippen LogP contribution is 2.33. The number of rotatable bonds is 6. The van der Waals surface area contributed by atoms with Gasteiger partial charge in [-0.25, -0.2) is 0 Å². The van der Waals surface area contributed by atoms with Gasteiger partial charge in [-0.05, 0) is 73.1 Å². The summed E-state index contributed by atoms with van der Waals surface area (Å²) in [6.07, 6.45) is 1.56. The number of carbonyl (C=O) groups excluding carboxylic acids is 2. The number of benzene rings is 3. The van der Waals surface area contributed by atoms with Crippen molar-refractivity contribution in [3.05, 3.63) is 99.0 Å². The molecule has 0 saturated carbocycles. The summed E-state index contributed by atoms with van der Waals surface area (Å²) in [6.45, 7) is 0.376. The Labute approximate surface area is 222 Å². The Bertz CT molecular complexity index is 1240. The fraction of sp³-hybridized carbons (Fsp3) is 0.192. The van der Waals surface area contributed by atoms with Gasteiger partial charge in [0.2, 0.25) is 0 Å². The van der Waals surface area contributed by atoms with Gasteiger partial charge in [0.15, 0.2) is 5.11 Å². The van der Waals surface area contributed by atoms with Crippen LogP contribution in [0.2, 0.25) is 5.02 Å². The summed E-state index contributed by atoms with van der Waals surface area (Å²) in [5.74, 6) is -0.608. The molecule has 0 aromatic heterocycles. The smallest absolute Gasteiger partial charge is 0.257 e. The van der Waals surface area contributed by atoms with Crippen molar-refractivity contribution in [1.29, 1.82) is 0 Å². The van der Waals surface area contributed by atoms with Crippen molar-refractivity contribution in [2.75, 3.05) is 11.9 Å². The second kappa shape index (κ2) is 11.8. The number of ether oxygens (including phenoxy) is 1. The lowest BCUT2D eigenvalue weighted by atomic mass is 10.1. The summed E-state index contributed by atoms with van der Waals surface area (Å²) in [7, 11) is 0. The summed E-state index contributed by atoms with van der Waals surface area (Å²) >= 11 is 14.8. The van der Waals surface area contributed by atoms with Crippen molar-refractivity contribution in [2.45, 2.75) is 25.0 Å². The quantitative estimate of drug-likeness (QED) is 0.322. The summed E-state index contributed by atoms with van der Waals surface area (Å²) in [5, 5.41) is 9.31. The third-order valence-corrected chi connectivity index (χ3v) is 6.49. The second-order valence-corrected chi connectivity index (χ2v) is 9.81. The average molecular weight is 573 g/mol. The summed E-state index contributed by atoms with van der Waals surface area (Å²) in [6, 6.07) is 21.6. The zero-order chi connectivity index (χ0) is 24.8. The number of hydrogen-bond acceptors (Lipinski definition) is 4. The highest BCUT2D eigenvalue weighted by molar-refractivity contribution is 9.10. The first-order chi connectivity index (χ1) is 16.9. The topological polar surface area (TPSA) is 79.5 Å². The fourth-order valence-electron chi connectivity index (χ4n) is 3.85.